The summed E-state index contributed by atoms with van der Waals surface area (Å²) in [7, 11) is 0. The largest absolute Gasteiger partial charge is 0.348 e. The molecule has 3 rings (SSSR count). The molecule has 2 aromatic rings. The molecule has 0 spiro atoms. The molecule has 1 aliphatic rings. The highest BCUT2D eigenvalue weighted by atomic mass is 35.5. The number of carbonyl (C=O) groups excluding carboxylic acids is 1. The maximum Gasteiger partial charge on any atom is 0.225 e. The van der Waals surface area contributed by atoms with E-state index in [9.17, 15) is 4.79 Å². The minimum Gasteiger partial charge on any atom is -0.348 e. The topological polar surface area (TPSA) is 62.5 Å². The normalized spacial score (nSPS) is 14.1. The van der Waals surface area contributed by atoms with E-state index in [2.05, 4.69) is 27.4 Å². The van der Waals surface area contributed by atoms with Crippen LogP contribution < -0.4 is 10.6 Å². The number of piperidine rings is 1. The molecule has 2 N–H and O–H groups in total. The van der Waals surface area contributed by atoms with Crippen molar-refractivity contribution in [2.45, 2.75) is 26.2 Å². The Bertz CT molecular complexity index is 705. The van der Waals surface area contributed by atoms with Gasteiger partial charge >= 0.3 is 0 Å². The van der Waals surface area contributed by atoms with Crippen LogP contribution in [0.25, 0.3) is 0 Å². The Morgan fingerprint density at radius 3 is 2.46 bits per heavy atom. The molecular formula is C20H30Cl2N4OS. The molecule has 1 saturated heterocycles. The number of halogens is 2. The second-order valence-electron chi connectivity index (χ2n) is 6.88. The highest BCUT2D eigenvalue weighted by Gasteiger charge is 2.29. The molecule has 5 nitrogen and oxygen atoms in total. The van der Waals surface area contributed by atoms with Crippen LogP contribution in [0, 0.1) is 12.8 Å². The second kappa shape index (κ2) is 12.3. The van der Waals surface area contributed by atoms with Crippen molar-refractivity contribution >= 4 is 47.2 Å². The predicted molar refractivity (Wildman–Crippen MR) is 122 cm³/mol. The first-order valence-corrected chi connectivity index (χ1v) is 10.2. The van der Waals surface area contributed by atoms with Crippen molar-refractivity contribution in [2.75, 3.05) is 37.6 Å². The van der Waals surface area contributed by atoms with Gasteiger partial charge in [0.05, 0.1) is 5.69 Å². The fourth-order valence-electron chi connectivity index (χ4n) is 3.46. The van der Waals surface area contributed by atoms with Crippen molar-refractivity contribution in [1.82, 2.24) is 9.88 Å². The first-order valence-electron chi connectivity index (χ1n) is 9.37. The van der Waals surface area contributed by atoms with Crippen molar-refractivity contribution in [3.05, 3.63) is 47.0 Å². The van der Waals surface area contributed by atoms with Crippen LogP contribution in [0.3, 0.4) is 0 Å². The summed E-state index contributed by atoms with van der Waals surface area (Å²) in [5.41, 5.74) is 8.09. The first-order chi connectivity index (χ1) is 12.7. The Labute approximate surface area is 184 Å². The van der Waals surface area contributed by atoms with Gasteiger partial charge in [-0.3, -0.25) is 4.79 Å². The number of carbonyl (C=O) groups is 1. The van der Waals surface area contributed by atoms with Gasteiger partial charge in [0, 0.05) is 44.0 Å². The molecule has 28 heavy (non-hydrogen) atoms. The molecule has 0 saturated carbocycles. The number of amides is 1. The molecule has 1 fully saturated rings. The standard InChI is InChI=1S/C20H28N4OS.2ClH/c1-16-15-26-20(22-16)24-12-8-18(9-13-24)19(25)23(14-10-21)11-7-17-5-3-2-4-6-17;;/h2-6,15,18H,7-14,21H2,1H3;2*1H. The van der Waals surface area contributed by atoms with E-state index in [0.717, 1.165) is 49.7 Å². The van der Waals surface area contributed by atoms with Gasteiger partial charge in [0.1, 0.15) is 0 Å². The number of nitrogens with two attached hydrogens (primary N) is 1. The van der Waals surface area contributed by atoms with E-state index in [1.165, 1.54) is 5.56 Å². The molecule has 0 aliphatic carbocycles. The SMILES string of the molecule is Cc1csc(N2CCC(C(=O)N(CCN)CCc3ccccc3)CC2)n1.Cl.Cl. The van der Waals surface area contributed by atoms with Gasteiger partial charge in [0.15, 0.2) is 5.13 Å². The molecule has 156 valence electrons. The van der Waals surface area contributed by atoms with Crippen molar-refractivity contribution in [2.24, 2.45) is 11.7 Å². The Morgan fingerprint density at radius 1 is 1.21 bits per heavy atom. The van der Waals surface area contributed by atoms with Crippen LogP contribution in [-0.2, 0) is 11.2 Å². The lowest BCUT2D eigenvalue weighted by molar-refractivity contribution is -0.136. The van der Waals surface area contributed by atoms with Crippen LogP contribution >= 0.6 is 36.2 Å². The van der Waals surface area contributed by atoms with E-state index in [0.29, 0.717) is 13.1 Å². The van der Waals surface area contributed by atoms with E-state index in [-0.39, 0.29) is 36.6 Å². The van der Waals surface area contributed by atoms with Crippen LogP contribution in [0.15, 0.2) is 35.7 Å². The molecule has 0 atom stereocenters. The zero-order valence-corrected chi connectivity index (χ0v) is 18.7. The third-order valence-electron chi connectivity index (χ3n) is 4.95. The lowest BCUT2D eigenvalue weighted by atomic mass is 9.95. The van der Waals surface area contributed by atoms with Crippen molar-refractivity contribution in [1.29, 1.82) is 0 Å². The quantitative estimate of drug-likeness (QED) is 0.708. The summed E-state index contributed by atoms with van der Waals surface area (Å²) in [6.45, 7) is 5.71. The Kier molecular flexibility index (Phi) is 10.8. The Morgan fingerprint density at radius 2 is 1.89 bits per heavy atom. The zero-order valence-electron chi connectivity index (χ0n) is 16.3. The van der Waals surface area contributed by atoms with Crippen LogP contribution in [0.4, 0.5) is 5.13 Å². The summed E-state index contributed by atoms with van der Waals surface area (Å²) in [5, 5.41) is 3.16. The lowest BCUT2D eigenvalue weighted by Gasteiger charge is -2.34. The fraction of sp³-hybridized carbons (Fsp3) is 0.500. The van der Waals surface area contributed by atoms with E-state index in [4.69, 9.17) is 5.73 Å². The third-order valence-corrected chi connectivity index (χ3v) is 5.96. The number of aryl methyl sites for hydroxylation is 1. The van der Waals surface area contributed by atoms with Gasteiger partial charge in [0.2, 0.25) is 5.91 Å². The number of thiazole rings is 1. The Balaban J connectivity index is 0.00000196. The van der Waals surface area contributed by atoms with Crippen LogP contribution in [-0.4, -0.2) is 48.5 Å². The molecule has 8 heteroatoms. The third kappa shape index (κ3) is 6.62. The fourth-order valence-corrected chi connectivity index (χ4v) is 4.32. The average molecular weight is 445 g/mol. The Hall–Kier alpha value is -1.34. The number of aromatic nitrogens is 1. The molecule has 1 aromatic heterocycles. The maximum absolute atomic E-state index is 13.0. The van der Waals surface area contributed by atoms with Gasteiger partial charge in [-0.25, -0.2) is 4.98 Å². The summed E-state index contributed by atoms with van der Waals surface area (Å²) < 4.78 is 0. The average Bonchev–Trinajstić information content (AvgIpc) is 3.12. The molecule has 0 unspecified atom stereocenters. The highest BCUT2D eigenvalue weighted by Crippen LogP contribution is 2.27. The minimum atomic E-state index is 0. The van der Waals surface area contributed by atoms with Gasteiger partial charge in [-0.2, -0.15) is 0 Å². The van der Waals surface area contributed by atoms with Gasteiger partial charge < -0.3 is 15.5 Å². The zero-order chi connectivity index (χ0) is 18.4. The monoisotopic (exact) mass is 444 g/mol. The number of benzene rings is 1. The van der Waals surface area contributed by atoms with E-state index >= 15 is 0 Å². The van der Waals surface area contributed by atoms with E-state index < -0.39 is 0 Å². The second-order valence-corrected chi connectivity index (χ2v) is 7.72. The smallest absolute Gasteiger partial charge is 0.225 e. The summed E-state index contributed by atoms with van der Waals surface area (Å²) in [6.07, 6.45) is 2.66. The van der Waals surface area contributed by atoms with Gasteiger partial charge in [0.25, 0.3) is 0 Å². The van der Waals surface area contributed by atoms with Crippen molar-refractivity contribution < 1.29 is 4.79 Å². The van der Waals surface area contributed by atoms with Crippen LogP contribution in [0.1, 0.15) is 24.1 Å². The van der Waals surface area contributed by atoms with Gasteiger partial charge in [-0.15, -0.1) is 36.2 Å². The minimum absolute atomic E-state index is 0. The van der Waals surface area contributed by atoms with E-state index in [1.54, 1.807) is 11.3 Å². The summed E-state index contributed by atoms with van der Waals surface area (Å²) in [5.74, 6) is 0.371. The van der Waals surface area contributed by atoms with Crippen LogP contribution in [0.5, 0.6) is 0 Å². The predicted octanol–water partition coefficient (Wildman–Crippen LogP) is 3.54. The maximum atomic E-state index is 13.0. The number of anilines is 1. The molecular weight excluding hydrogens is 415 g/mol. The summed E-state index contributed by atoms with van der Waals surface area (Å²) in [4.78, 5) is 21.8. The molecule has 1 aromatic carbocycles. The molecule has 1 aliphatic heterocycles. The number of hydrogen-bond donors (Lipinski definition) is 1. The molecule has 0 radical (unpaired) electrons. The summed E-state index contributed by atoms with van der Waals surface area (Å²) >= 11 is 1.69. The molecule has 0 bridgehead atoms. The molecule has 1 amide bonds. The van der Waals surface area contributed by atoms with Crippen molar-refractivity contribution in [3.63, 3.8) is 0 Å². The van der Waals surface area contributed by atoms with Gasteiger partial charge in [-0.05, 0) is 31.7 Å². The van der Waals surface area contributed by atoms with E-state index in [1.807, 2.05) is 30.0 Å². The lowest BCUT2D eigenvalue weighted by Crippen LogP contribution is -2.45. The number of rotatable bonds is 7. The van der Waals surface area contributed by atoms with Crippen molar-refractivity contribution in [3.8, 4) is 0 Å². The molecule has 2 heterocycles. The van der Waals surface area contributed by atoms with Gasteiger partial charge in [-0.1, -0.05) is 30.3 Å². The first kappa shape index (κ1) is 24.7. The summed E-state index contributed by atoms with van der Waals surface area (Å²) in [6, 6.07) is 10.3. The van der Waals surface area contributed by atoms with Crippen LogP contribution in [0.2, 0.25) is 0 Å². The highest BCUT2D eigenvalue weighted by molar-refractivity contribution is 7.13. The number of hydrogen-bond acceptors (Lipinski definition) is 5. The number of nitrogens with zero attached hydrogens (tertiary/aromatic N) is 3.